The molecule has 0 bridgehead atoms. The van der Waals surface area contributed by atoms with Gasteiger partial charge in [-0.1, -0.05) is 20.8 Å². The third-order valence-corrected chi connectivity index (χ3v) is 1.78. The highest BCUT2D eigenvalue weighted by atomic mass is 16.1. The first-order chi connectivity index (χ1) is 4.79. The highest BCUT2D eigenvalue weighted by Gasteiger charge is 2.11. The zero-order chi connectivity index (χ0) is 7.98. The highest BCUT2D eigenvalue weighted by Crippen LogP contribution is 1.99. The molecule has 0 saturated heterocycles. The van der Waals surface area contributed by atoms with E-state index in [1.54, 1.807) is 0 Å². The molecule has 0 N–H and O–H groups in total. The van der Waals surface area contributed by atoms with E-state index in [0.717, 1.165) is 19.5 Å². The van der Waals surface area contributed by atoms with Crippen LogP contribution in [0.15, 0.2) is 0 Å². The molecular formula is C8H16NO. The van der Waals surface area contributed by atoms with Crippen molar-refractivity contribution in [1.82, 2.24) is 4.90 Å². The monoisotopic (exact) mass is 142 g/mol. The summed E-state index contributed by atoms with van der Waals surface area (Å²) in [4.78, 5) is 12.4. The van der Waals surface area contributed by atoms with Crippen molar-refractivity contribution >= 4 is 6.29 Å². The van der Waals surface area contributed by atoms with Crippen LogP contribution in [0.2, 0.25) is 0 Å². The second-order valence-electron chi connectivity index (χ2n) is 2.26. The van der Waals surface area contributed by atoms with Crippen LogP contribution in [0.1, 0.15) is 27.2 Å². The van der Waals surface area contributed by atoms with Crippen LogP contribution in [0.4, 0.5) is 0 Å². The Balaban J connectivity index is 3.81. The van der Waals surface area contributed by atoms with Crippen LogP contribution in [-0.4, -0.2) is 30.3 Å². The fraction of sp³-hybridized carbons (Fsp3) is 0.875. The first-order valence-corrected chi connectivity index (χ1v) is 3.91. The van der Waals surface area contributed by atoms with Crippen molar-refractivity contribution in [3.8, 4) is 0 Å². The minimum atomic E-state index is 0.00926. The van der Waals surface area contributed by atoms with Crippen molar-refractivity contribution in [2.75, 3.05) is 13.1 Å². The van der Waals surface area contributed by atoms with E-state index in [1.165, 1.54) is 0 Å². The molecule has 0 aromatic heterocycles. The summed E-state index contributed by atoms with van der Waals surface area (Å²) in [5.74, 6) is 0. The van der Waals surface area contributed by atoms with Gasteiger partial charge in [0.1, 0.15) is 0 Å². The molecule has 0 aromatic rings. The molecule has 0 aromatic carbocycles. The first kappa shape index (κ1) is 9.63. The van der Waals surface area contributed by atoms with Crippen molar-refractivity contribution in [3.63, 3.8) is 0 Å². The lowest BCUT2D eigenvalue weighted by Crippen LogP contribution is -2.35. The average Bonchev–Trinajstić information content (AvgIpc) is 2.00. The van der Waals surface area contributed by atoms with Gasteiger partial charge < -0.3 is 0 Å². The SMILES string of the molecule is CCC([C]=O)N(CC)CC. The largest absolute Gasteiger partial charge is 0.294 e. The zero-order valence-electron chi connectivity index (χ0n) is 7.05. The molecule has 0 aliphatic rings. The summed E-state index contributed by atoms with van der Waals surface area (Å²) in [6, 6.07) is 0.00926. The predicted molar refractivity (Wildman–Crippen MR) is 42.7 cm³/mol. The summed E-state index contributed by atoms with van der Waals surface area (Å²) >= 11 is 0. The summed E-state index contributed by atoms with van der Waals surface area (Å²) in [5, 5.41) is 0. The van der Waals surface area contributed by atoms with Gasteiger partial charge in [-0.25, -0.2) is 0 Å². The van der Waals surface area contributed by atoms with Crippen LogP contribution in [0.25, 0.3) is 0 Å². The predicted octanol–water partition coefficient (Wildman–Crippen LogP) is 1.22. The topological polar surface area (TPSA) is 20.3 Å². The summed E-state index contributed by atoms with van der Waals surface area (Å²) in [7, 11) is 0. The maximum absolute atomic E-state index is 10.3. The molecule has 0 spiro atoms. The average molecular weight is 142 g/mol. The smallest absolute Gasteiger partial charge is 0.217 e. The second-order valence-corrected chi connectivity index (χ2v) is 2.26. The Morgan fingerprint density at radius 1 is 1.30 bits per heavy atom. The number of carbonyl (C=O) groups excluding carboxylic acids is 1. The fourth-order valence-corrected chi connectivity index (χ4v) is 1.08. The number of likely N-dealkylation sites (N-methyl/N-ethyl adjacent to an activating group) is 1. The lowest BCUT2D eigenvalue weighted by atomic mass is 10.2. The van der Waals surface area contributed by atoms with E-state index in [2.05, 4.69) is 18.7 Å². The van der Waals surface area contributed by atoms with Gasteiger partial charge in [0, 0.05) is 0 Å². The maximum atomic E-state index is 10.3. The molecule has 0 rings (SSSR count). The molecule has 0 aliphatic carbocycles. The summed E-state index contributed by atoms with van der Waals surface area (Å²) in [5.41, 5.74) is 0. The second kappa shape index (κ2) is 5.42. The molecular weight excluding hydrogens is 126 g/mol. The maximum Gasteiger partial charge on any atom is 0.217 e. The van der Waals surface area contributed by atoms with Crippen LogP contribution < -0.4 is 0 Å². The van der Waals surface area contributed by atoms with Gasteiger partial charge in [-0.15, -0.1) is 0 Å². The van der Waals surface area contributed by atoms with Crippen molar-refractivity contribution in [3.05, 3.63) is 0 Å². The molecule has 1 atom stereocenters. The van der Waals surface area contributed by atoms with E-state index in [0.29, 0.717) is 0 Å². The number of rotatable bonds is 5. The summed E-state index contributed by atoms with van der Waals surface area (Å²) < 4.78 is 0. The van der Waals surface area contributed by atoms with E-state index in [-0.39, 0.29) is 6.04 Å². The molecule has 1 unspecified atom stereocenters. The van der Waals surface area contributed by atoms with Gasteiger partial charge >= 0.3 is 0 Å². The standard InChI is InChI=1S/C8H16NO/c1-4-8(7-10)9(5-2)6-3/h8H,4-6H2,1-3H3. The van der Waals surface area contributed by atoms with Crippen molar-refractivity contribution in [2.24, 2.45) is 0 Å². The van der Waals surface area contributed by atoms with Crippen molar-refractivity contribution in [1.29, 1.82) is 0 Å². The van der Waals surface area contributed by atoms with Crippen LogP contribution in [0.3, 0.4) is 0 Å². The zero-order valence-corrected chi connectivity index (χ0v) is 7.05. The molecule has 10 heavy (non-hydrogen) atoms. The third-order valence-electron chi connectivity index (χ3n) is 1.78. The third kappa shape index (κ3) is 2.48. The van der Waals surface area contributed by atoms with Gasteiger partial charge in [0.2, 0.25) is 6.29 Å². The van der Waals surface area contributed by atoms with Gasteiger partial charge in [-0.05, 0) is 19.5 Å². The van der Waals surface area contributed by atoms with Crippen molar-refractivity contribution < 1.29 is 4.79 Å². The van der Waals surface area contributed by atoms with E-state index >= 15 is 0 Å². The molecule has 0 saturated carbocycles. The molecule has 2 heteroatoms. The molecule has 1 radical (unpaired) electrons. The Bertz CT molecular complexity index is 89.3. The van der Waals surface area contributed by atoms with E-state index in [4.69, 9.17) is 0 Å². The molecule has 59 valence electrons. The van der Waals surface area contributed by atoms with Gasteiger partial charge in [0.25, 0.3) is 0 Å². The molecule has 0 amide bonds. The summed E-state index contributed by atoms with van der Waals surface area (Å²) in [6.07, 6.45) is 2.90. The normalized spacial score (nSPS) is 13.6. The Kier molecular flexibility index (Phi) is 5.22. The molecule has 0 heterocycles. The van der Waals surface area contributed by atoms with Crippen molar-refractivity contribution in [2.45, 2.75) is 33.2 Å². The molecule has 0 aliphatic heterocycles. The van der Waals surface area contributed by atoms with Crippen LogP contribution in [-0.2, 0) is 4.79 Å². The highest BCUT2D eigenvalue weighted by molar-refractivity contribution is 5.58. The van der Waals surface area contributed by atoms with Crippen LogP contribution in [0, 0.1) is 0 Å². The Labute approximate surface area is 63.2 Å². The van der Waals surface area contributed by atoms with E-state index in [9.17, 15) is 4.79 Å². The lowest BCUT2D eigenvalue weighted by Gasteiger charge is -2.22. The molecule has 0 fully saturated rings. The lowest BCUT2D eigenvalue weighted by molar-refractivity contribution is 0.257. The Morgan fingerprint density at radius 3 is 1.90 bits per heavy atom. The minimum absolute atomic E-state index is 0.00926. The van der Waals surface area contributed by atoms with Gasteiger partial charge in [0.15, 0.2) is 0 Å². The van der Waals surface area contributed by atoms with Gasteiger partial charge in [-0.2, -0.15) is 0 Å². The van der Waals surface area contributed by atoms with Gasteiger partial charge in [-0.3, -0.25) is 9.69 Å². The minimum Gasteiger partial charge on any atom is -0.294 e. The number of hydrogen-bond donors (Lipinski definition) is 0. The van der Waals surface area contributed by atoms with E-state index in [1.807, 2.05) is 13.2 Å². The van der Waals surface area contributed by atoms with Crippen LogP contribution >= 0.6 is 0 Å². The Hall–Kier alpha value is -0.370. The Morgan fingerprint density at radius 2 is 1.80 bits per heavy atom. The number of hydrogen-bond acceptors (Lipinski definition) is 2. The van der Waals surface area contributed by atoms with Gasteiger partial charge in [0.05, 0.1) is 6.04 Å². The molecule has 2 nitrogen and oxygen atoms in total. The van der Waals surface area contributed by atoms with Crippen LogP contribution in [0.5, 0.6) is 0 Å². The quantitative estimate of drug-likeness (QED) is 0.575. The summed E-state index contributed by atoms with van der Waals surface area (Å²) in [6.45, 7) is 8.00. The first-order valence-electron chi connectivity index (χ1n) is 3.91. The van der Waals surface area contributed by atoms with E-state index < -0.39 is 0 Å². The fourth-order valence-electron chi connectivity index (χ4n) is 1.08. The number of nitrogens with zero attached hydrogens (tertiary/aromatic N) is 1.